The molecule has 0 spiro atoms. The first-order chi connectivity index (χ1) is 10.3. The van der Waals surface area contributed by atoms with Crippen LogP contribution in [0.1, 0.15) is 44.0 Å². The third-order valence-electron chi connectivity index (χ3n) is 3.28. The molecule has 0 unspecified atom stereocenters. The molecule has 1 aliphatic heterocycles. The fourth-order valence-electron chi connectivity index (χ4n) is 2.19. The number of hydrogen-bond acceptors (Lipinski definition) is 5. The van der Waals surface area contributed by atoms with Crippen molar-refractivity contribution >= 4 is 12.1 Å². The maximum absolute atomic E-state index is 12.0. The number of nitrogens with zero attached hydrogens (tertiary/aromatic N) is 2. The SMILES string of the molecule is CC(C)(C)OC(=O)N1CCC(OC(=O)c2ccncc2)CC1. The standard InChI is InChI=1S/C16H22N2O4/c1-16(2,3)22-15(20)18-10-6-13(7-11-18)21-14(19)12-4-8-17-9-5-12/h4-5,8-9,13H,6-7,10-11H2,1-3H3. The van der Waals surface area contributed by atoms with Crippen molar-refractivity contribution in [3.8, 4) is 0 Å². The van der Waals surface area contributed by atoms with Gasteiger partial charge < -0.3 is 14.4 Å². The Kier molecular flexibility index (Phi) is 5.00. The lowest BCUT2D eigenvalue weighted by molar-refractivity contribution is -0.00340. The van der Waals surface area contributed by atoms with Crippen molar-refractivity contribution < 1.29 is 19.1 Å². The summed E-state index contributed by atoms with van der Waals surface area (Å²) in [6, 6.07) is 3.25. The molecule has 120 valence electrons. The van der Waals surface area contributed by atoms with Gasteiger partial charge in [0.15, 0.2) is 0 Å². The predicted molar refractivity (Wildman–Crippen MR) is 80.5 cm³/mol. The van der Waals surface area contributed by atoms with Gasteiger partial charge in [-0.3, -0.25) is 4.98 Å². The molecule has 1 amide bonds. The Balaban J connectivity index is 1.80. The molecule has 2 rings (SSSR count). The van der Waals surface area contributed by atoms with Crippen LogP contribution >= 0.6 is 0 Å². The van der Waals surface area contributed by atoms with E-state index in [0.717, 1.165) is 0 Å². The number of pyridine rings is 1. The average Bonchev–Trinajstić information content (AvgIpc) is 2.47. The van der Waals surface area contributed by atoms with Crippen LogP contribution in [0.3, 0.4) is 0 Å². The number of piperidine rings is 1. The fraction of sp³-hybridized carbons (Fsp3) is 0.562. The van der Waals surface area contributed by atoms with Crippen molar-refractivity contribution in [1.29, 1.82) is 0 Å². The van der Waals surface area contributed by atoms with Crippen molar-refractivity contribution in [2.75, 3.05) is 13.1 Å². The fourth-order valence-corrected chi connectivity index (χ4v) is 2.19. The third-order valence-corrected chi connectivity index (χ3v) is 3.28. The number of esters is 1. The summed E-state index contributed by atoms with van der Waals surface area (Å²) >= 11 is 0. The zero-order valence-electron chi connectivity index (χ0n) is 13.2. The van der Waals surface area contributed by atoms with Gasteiger partial charge in [-0.05, 0) is 32.9 Å². The van der Waals surface area contributed by atoms with Crippen LogP contribution < -0.4 is 0 Å². The lowest BCUT2D eigenvalue weighted by Crippen LogP contribution is -2.43. The second-order valence-electron chi connectivity index (χ2n) is 6.31. The number of carbonyl (C=O) groups excluding carboxylic acids is 2. The summed E-state index contributed by atoms with van der Waals surface area (Å²) in [5, 5.41) is 0. The van der Waals surface area contributed by atoms with Gasteiger partial charge in [0.05, 0.1) is 5.56 Å². The van der Waals surface area contributed by atoms with Crippen molar-refractivity contribution in [1.82, 2.24) is 9.88 Å². The molecular formula is C16H22N2O4. The number of ether oxygens (including phenoxy) is 2. The van der Waals surface area contributed by atoms with E-state index in [-0.39, 0.29) is 18.2 Å². The molecule has 0 aliphatic carbocycles. The summed E-state index contributed by atoms with van der Waals surface area (Å²) in [5.41, 5.74) is -0.00793. The molecule has 1 fully saturated rings. The summed E-state index contributed by atoms with van der Waals surface area (Å²) in [5.74, 6) is -0.349. The highest BCUT2D eigenvalue weighted by atomic mass is 16.6. The van der Waals surface area contributed by atoms with E-state index < -0.39 is 5.60 Å². The number of amides is 1. The number of rotatable bonds is 2. The number of likely N-dealkylation sites (tertiary alicyclic amines) is 1. The van der Waals surface area contributed by atoms with Crippen LogP contribution in [-0.2, 0) is 9.47 Å². The Labute approximate surface area is 130 Å². The van der Waals surface area contributed by atoms with E-state index in [1.165, 1.54) is 0 Å². The van der Waals surface area contributed by atoms with Crippen molar-refractivity contribution in [2.45, 2.75) is 45.3 Å². The number of hydrogen-bond donors (Lipinski definition) is 0. The Bertz CT molecular complexity index is 517. The van der Waals surface area contributed by atoms with Crippen molar-refractivity contribution in [2.24, 2.45) is 0 Å². The van der Waals surface area contributed by atoms with E-state index in [1.807, 2.05) is 20.8 Å². The predicted octanol–water partition coefficient (Wildman–Crippen LogP) is 2.64. The molecule has 22 heavy (non-hydrogen) atoms. The molecule has 1 aliphatic rings. The zero-order valence-corrected chi connectivity index (χ0v) is 13.2. The van der Waals surface area contributed by atoms with E-state index in [2.05, 4.69) is 4.98 Å². The first-order valence-electron chi connectivity index (χ1n) is 7.44. The second kappa shape index (κ2) is 6.77. The van der Waals surface area contributed by atoms with Gasteiger partial charge in [0.25, 0.3) is 0 Å². The topological polar surface area (TPSA) is 68.7 Å². The molecular weight excluding hydrogens is 284 g/mol. The first kappa shape index (κ1) is 16.3. The normalized spacial score (nSPS) is 16.2. The lowest BCUT2D eigenvalue weighted by Gasteiger charge is -2.33. The Morgan fingerprint density at radius 2 is 1.77 bits per heavy atom. The highest BCUT2D eigenvalue weighted by Gasteiger charge is 2.28. The molecule has 0 bridgehead atoms. The average molecular weight is 306 g/mol. The largest absolute Gasteiger partial charge is 0.459 e. The maximum Gasteiger partial charge on any atom is 0.410 e. The summed E-state index contributed by atoms with van der Waals surface area (Å²) in [6.45, 7) is 6.59. The molecule has 0 radical (unpaired) electrons. The molecule has 1 aromatic rings. The summed E-state index contributed by atoms with van der Waals surface area (Å²) in [7, 11) is 0. The van der Waals surface area contributed by atoms with E-state index in [1.54, 1.807) is 29.4 Å². The molecule has 0 N–H and O–H groups in total. The first-order valence-corrected chi connectivity index (χ1v) is 7.44. The molecule has 6 nitrogen and oxygen atoms in total. The maximum atomic E-state index is 12.0. The van der Waals surface area contributed by atoms with Crippen LogP contribution in [0.5, 0.6) is 0 Å². The minimum Gasteiger partial charge on any atom is -0.459 e. The van der Waals surface area contributed by atoms with Gasteiger partial charge in [0, 0.05) is 38.3 Å². The summed E-state index contributed by atoms with van der Waals surface area (Å²) in [6.07, 6.45) is 3.88. The van der Waals surface area contributed by atoms with Gasteiger partial charge in [0.1, 0.15) is 11.7 Å². The quantitative estimate of drug-likeness (QED) is 0.786. The lowest BCUT2D eigenvalue weighted by atomic mass is 10.1. The highest BCUT2D eigenvalue weighted by molar-refractivity contribution is 5.89. The van der Waals surface area contributed by atoms with Gasteiger partial charge >= 0.3 is 12.1 Å². The van der Waals surface area contributed by atoms with E-state index in [9.17, 15) is 9.59 Å². The van der Waals surface area contributed by atoms with Gasteiger partial charge in [-0.1, -0.05) is 0 Å². The molecule has 1 saturated heterocycles. The van der Waals surface area contributed by atoms with Crippen LogP contribution in [0.2, 0.25) is 0 Å². The number of carbonyl (C=O) groups is 2. The number of aromatic nitrogens is 1. The van der Waals surface area contributed by atoms with E-state index in [4.69, 9.17) is 9.47 Å². The van der Waals surface area contributed by atoms with E-state index in [0.29, 0.717) is 31.5 Å². The molecule has 2 heterocycles. The summed E-state index contributed by atoms with van der Waals surface area (Å²) < 4.78 is 10.8. The Morgan fingerprint density at radius 3 is 2.32 bits per heavy atom. The molecule has 0 saturated carbocycles. The Morgan fingerprint density at radius 1 is 1.18 bits per heavy atom. The van der Waals surface area contributed by atoms with Gasteiger partial charge in [-0.15, -0.1) is 0 Å². The van der Waals surface area contributed by atoms with Gasteiger partial charge in [0.2, 0.25) is 0 Å². The van der Waals surface area contributed by atoms with Gasteiger partial charge in [-0.2, -0.15) is 0 Å². The van der Waals surface area contributed by atoms with Crippen LogP contribution in [0.4, 0.5) is 4.79 Å². The molecule has 6 heteroatoms. The molecule has 1 aromatic heterocycles. The molecule has 0 aromatic carbocycles. The third kappa shape index (κ3) is 4.72. The van der Waals surface area contributed by atoms with Crippen LogP contribution in [0, 0.1) is 0 Å². The van der Waals surface area contributed by atoms with Crippen molar-refractivity contribution in [3.63, 3.8) is 0 Å². The zero-order chi connectivity index (χ0) is 16.2. The second-order valence-corrected chi connectivity index (χ2v) is 6.31. The summed E-state index contributed by atoms with van der Waals surface area (Å²) in [4.78, 5) is 29.4. The highest BCUT2D eigenvalue weighted by Crippen LogP contribution is 2.18. The van der Waals surface area contributed by atoms with Crippen LogP contribution in [-0.4, -0.2) is 46.7 Å². The monoisotopic (exact) mass is 306 g/mol. The van der Waals surface area contributed by atoms with Crippen molar-refractivity contribution in [3.05, 3.63) is 30.1 Å². The minimum atomic E-state index is -0.498. The van der Waals surface area contributed by atoms with Crippen LogP contribution in [0.15, 0.2) is 24.5 Å². The minimum absolute atomic E-state index is 0.167. The van der Waals surface area contributed by atoms with Gasteiger partial charge in [-0.25, -0.2) is 9.59 Å². The smallest absolute Gasteiger partial charge is 0.410 e. The van der Waals surface area contributed by atoms with Crippen LogP contribution in [0.25, 0.3) is 0 Å². The van der Waals surface area contributed by atoms with E-state index >= 15 is 0 Å². The Hall–Kier alpha value is -2.11. The molecule has 0 atom stereocenters.